The van der Waals surface area contributed by atoms with E-state index in [1.54, 1.807) is 0 Å². The molecule has 466 valence electrons. The quantitative estimate of drug-likeness (QED) is 0.0261. The van der Waals surface area contributed by atoms with E-state index in [0.717, 1.165) is 116 Å². The molecule has 6 heteroatoms. The standard InChI is InChI=1S/C75H130O6/c1-4-7-10-13-16-19-22-25-28-31-33-34-35-36-37-38-39-40-42-44-47-50-53-56-59-62-65-68-74(77)80-71-72(70-79-73(76)67-64-61-58-55-52-49-46-43-30-27-24-21-18-15-12-9-6-3)81-75(78)69-66-63-60-57-54-51-48-45-41-32-29-26-23-20-17-14-11-8-5-2/h7,10,16,18-19,21,25,27-28,30,33-34,36-37,39-40,72H,4-6,8-9,11-15,17,20,22-24,26,29,31-32,35,38,41-71H2,1-3H3/b10-7-,19-16-,21-18-,28-25-,30-27-,34-33-,37-36-,40-39-. The molecule has 0 saturated carbocycles. The van der Waals surface area contributed by atoms with Crippen molar-refractivity contribution >= 4 is 17.9 Å². The minimum absolute atomic E-state index is 0.0812. The van der Waals surface area contributed by atoms with Gasteiger partial charge in [-0.1, -0.05) is 317 Å². The first kappa shape index (κ1) is 77.3. The minimum Gasteiger partial charge on any atom is -0.462 e. The van der Waals surface area contributed by atoms with Crippen LogP contribution in [0.5, 0.6) is 0 Å². The number of rotatable bonds is 63. The number of ether oxygens (including phenoxy) is 3. The maximum Gasteiger partial charge on any atom is 0.306 e. The molecule has 0 aromatic heterocycles. The molecular formula is C75H130O6. The fourth-order valence-corrected chi connectivity index (χ4v) is 9.89. The Morgan fingerprint density at radius 1 is 0.259 bits per heavy atom. The van der Waals surface area contributed by atoms with Crippen molar-refractivity contribution < 1.29 is 28.6 Å². The van der Waals surface area contributed by atoms with Crippen molar-refractivity contribution in [3.8, 4) is 0 Å². The maximum absolute atomic E-state index is 13.0. The SMILES string of the molecule is CC/C=C\C/C=C\C/C=C\C/C=C\C/C=C\C/C=C\CCCCCCCCCCC(=O)OCC(COC(=O)CCCCCCCCC/C=C\C/C=C\CCCCC)OC(=O)CCCCCCCCCCCCCCCCCCCCC. The summed E-state index contributed by atoms with van der Waals surface area (Å²) in [4.78, 5) is 38.5. The third-order valence-electron chi connectivity index (χ3n) is 15.1. The third-order valence-corrected chi connectivity index (χ3v) is 15.1. The number of hydrogen-bond donors (Lipinski definition) is 0. The second-order valence-corrected chi connectivity index (χ2v) is 23.1. The minimum atomic E-state index is -0.785. The Bertz CT molecular complexity index is 1580. The van der Waals surface area contributed by atoms with E-state index < -0.39 is 6.10 Å². The fraction of sp³-hybridized carbons (Fsp3) is 0.747. The summed E-state index contributed by atoms with van der Waals surface area (Å²) < 4.78 is 17.0. The lowest BCUT2D eigenvalue weighted by atomic mass is 10.0. The zero-order valence-electron chi connectivity index (χ0n) is 53.5. The van der Waals surface area contributed by atoms with E-state index in [2.05, 4.69) is 118 Å². The molecule has 0 aromatic carbocycles. The van der Waals surface area contributed by atoms with Gasteiger partial charge in [0.25, 0.3) is 0 Å². The molecule has 1 unspecified atom stereocenters. The molecule has 0 aliphatic heterocycles. The number of carbonyl (C=O) groups excluding carboxylic acids is 3. The Labute approximate surface area is 502 Å². The van der Waals surface area contributed by atoms with Gasteiger partial charge in [0.1, 0.15) is 13.2 Å². The molecule has 0 radical (unpaired) electrons. The summed E-state index contributed by atoms with van der Waals surface area (Å²) >= 11 is 0. The van der Waals surface area contributed by atoms with Crippen LogP contribution in [0, 0.1) is 0 Å². The van der Waals surface area contributed by atoms with Gasteiger partial charge in [-0.25, -0.2) is 0 Å². The third kappa shape index (κ3) is 67.0. The molecule has 0 amide bonds. The second kappa shape index (κ2) is 68.8. The summed E-state index contributed by atoms with van der Waals surface area (Å²) in [5.74, 6) is -0.879. The molecule has 0 aliphatic rings. The first-order valence-electron chi connectivity index (χ1n) is 34.7. The Kier molecular flexibility index (Phi) is 65.7. The smallest absolute Gasteiger partial charge is 0.306 e. The van der Waals surface area contributed by atoms with Crippen LogP contribution in [0.1, 0.15) is 342 Å². The predicted octanol–water partition coefficient (Wildman–Crippen LogP) is 24.0. The highest BCUT2D eigenvalue weighted by molar-refractivity contribution is 5.71. The van der Waals surface area contributed by atoms with Crippen molar-refractivity contribution in [3.63, 3.8) is 0 Å². The van der Waals surface area contributed by atoms with Crippen molar-refractivity contribution in [1.29, 1.82) is 0 Å². The van der Waals surface area contributed by atoms with Crippen LogP contribution in [0.4, 0.5) is 0 Å². The van der Waals surface area contributed by atoms with E-state index in [9.17, 15) is 14.4 Å². The molecule has 0 fully saturated rings. The topological polar surface area (TPSA) is 78.9 Å². The summed E-state index contributed by atoms with van der Waals surface area (Å²) in [5.41, 5.74) is 0. The van der Waals surface area contributed by atoms with Gasteiger partial charge < -0.3 is 14.2 Å². The Morgan fingerprint density at radius 3 is 0.778 bits per heavy atom. The summed E-state index contributed by atoms with van der Waals surface area (Å²) in [7, 11) is 0. The first-order chi connectivity index (χ1) is 40.0. The maximum atomic E-state index is 13.0. The average molecular weight is 1130 g/mol. The van der Waals surface area contributed by atoms with E-state index in [4.69, 9.17) is 14.2 Å². The molecule has 0 aliphatic carbocycles. The van der Waals surface area contributed by atoms with E-state index in [1.807, 2.05) is 0 Å². The highest BCUT2D eigenvalue weighted by atomic mass is 16.6. The van der Waals surface area contributed by atoms with Crippen LogP contribution in [0.2, 0.25) is 0 Å². The molecule has 1 atom stereocenters. The van der Waals surface area contributed by atoms with Gasteiger partial charge in [0, 0.05) is 19.3 Å². The Morgan fingerprint density at radius 2 is 0.481 bits per heavy atom. The van der Waals surface area contributed by atoms with Crippen molar-refractivity contribution in [1.82, 2.24) is 0 Å². The number of hydrogen-bond acceptors (Lipinski definition) is 6. The molecule has 81 heavy (non-hydrogen) atoms. The van der Waals surface area contributed by atoms with Crippen LogP contribution in [0.3, 0.4) is 0 Å². The summed E-state index contributed by atoms with van der Waals surface area (Å²) in [6, 6.07) is 0. The van der Waals surface area contributed by atoms with Crippen molar-refractivity contribution in [2.24, 2.45) is 0 Å². The molecule has 0 N–H and O–H groups in total. The summed E-state index contributed by atoms with van der Waals surface area (Å²) in [6.07, 6.45) is 92.7. The van der Waals surface area contributed by atoms with Gasteiger partial charge in [-0.2, -0.15) is 0 Å². The fourth-order valence-electron chi connectivity index (χ4n) is 9.89. The lowest BCUT2D eigenvalue weighted by Crippen LogP contribution is -2.30. The molecule has 0 aromatic rings. The molecule has 0 bridgehead atoms. The van der Waals surface area contributed by atoms with Crippen LogP contribution in [0.15, 0.2) is 97.2 Å². The van der Waals surface area contributed by atoms with Gasteiger partial charge in [-0.05, 0) is 103 Å². The summed E-state index contributed by atoms with van der Waals surface area (Å²) in [6.45, 7) is 6.54. The highest BCUT2D eigenvalue weighted by Crippen LogP contribution is 2.17. The summed E-state index contributed by atoms with van der Waals surface area (Å²) in [5, 5.41) is 0. The average Bonchev–Trinajstić information content (AvgIpc) is 3.47. The number of carbonyl (C=O) groups is 3. The van der Waals surface area contributed by atoms with Crippen LogP contribution >= 0.6 is 0 Å². The van der Waals surface area contributed by atoms with Crippen LogP contribution in [-0.4, -0.2) is 37.2 Å². The molecular weight excluding hydrogens is 997 g/mol. The van der Waals surface area contributed by atoms with Gasteiger partial charge in [-0.3, -0.25) is 14.4 Å². The van der Waals surface area contributed by atoms with Gasteiger partial charge in [0.05, 0.1) is 0 Å². The van der Waals surface area contributed by atoms with Gasteiger partial charge >= 0.3 is 17.9 Å². The molecule has 0 rings (SSSR count). The second-order valence-electron chi connectivity index (χ2n) is 23.1. The lowest BCUT2D eigenvalue weighted by Gasteiger charge is -2.18. The van der Waals surface area contributed by atoms with Crippen LogP contribution in [-0.2, 0) is 28.6 Å². The van der Waals surface area contributed by atoms with E-state index >= 15 is 0 Å². The number of unbranched alkanes of at least 4 members (excludes halogenated alkanes) is 36. The normalized spacial score (nSPS) is 12.7. The van der Waals surface area contributed by atoms with Crippen molar-refractivity contribution in [2.45, 2.75) is 348 Å². The predicted molar refractivity (Wildman–Crippen MR) is 353 cm³/mol. The Hall–Kier alpha value is -3.67. The monoisotopic (exact) mass is 1130 g/mol. The van der Waals surface area contributed by atoms with Crippen molar-refractivity contribution in [2.75, 3.05) is 13.2 Å². The van der Waals surface area contributed by atoms with Gasteiger partial charge in [-0.15, -0.1) is 0 Å². The number of allylic oxidation sites excluding steroid dienone is 16. The molecule has 0 spiro atoms. The van der Waals surface area contributed by atoms with E-state index in [1.165, 1.54) is 186 Å². The zero-order valence-corrected chi connectivity index (χ0v) is 53.5. The highest BCUT2D eigenvalue weighted by Gasteiger charge is 2.19. The van der Waals surface area contributed by atoms with E-state index in [-0.39, 0.29) is 31.1 Å². The van der Waals surface area contributed by atoms with E-state index in [0.29, 0.717) is 19.3 Å². The first-order valence-corrected chi connectivity index (χ1v) is 34.7. The van der Waals surface area contributed by atoms with Crippen LogP contribution in [0.25, 0.3) is 0 Å². The molecule has 0 saturated heterocycles. The van der Waals surface area contributed by atoms with Crippen LogP contribution < -0.4 is 0 Å². The largest absolute Gasteiger partial charge is 0.462 e. The number of esters is 3. The van der Waals surface area contributed by atoms with Gasteiger partial charge in [0.2, 0.25) is 0 Å². The lowest BCUT2D eigenvalue weighted by molar-refractivity contribution is -0.167. The Balaban J connectivity index is 4.36. The molecule has 6 nitrogen and oxygen atoms in total. The van der Waals surface area contributed by atoms with Gasteiger partial charge in [0.15, 0.2) is 6.10 Å². The van der Waals surface area contributed by atoms with Crippen molar-refractivity contribution in [3.05, 3.63) is 97.2 Å². The zero-order chi connectivity index (χ0) is 58.5. The molecule has 0 heterocycles.